The van der Waals surface area contributed by atoms with E-state index in [-0.39, 0.29) is 17.8 Å². The van der Waals surface area contributed by atoms with E-state index < -0.39 is 23.1 Å². The topological polar surface area (TPSA) is 81.7 Å². The van der Waals surface area contributed by atoms with Gasteiger partial charge in [0.05, 0.1) is 23.5 Å². The highest BCUT2D eigenvalue weighted by Gasteiger charge is 2.51. The van der Waals surface area contributed by atoms with Gasteiger partial charge in [0.2, 0.25) is 5.78 Å². The van der Waals surface area contributed by atoms with Crippen LogP contribution in [-0.2, 0) is 24.0 Å². The normalized spacial score (nSPS) is 22.6. The van der Waals surface area contributed by atoms with Crippen LogP contribution in [0.25, 0.3) is 0 Å². The predicted octanol–water partition coefficient (Wildman–Crippen LogP) is 1.70. The van der Waals surface area contributed by atoms with Gasteiger partial charge in [-0.1, -0.05) is 33.3 Å². The molecule has 1 rings (SSSR count). The van der Waals surface area contributed by atoms with E-state index >= 15 is 0 Å². The average Bonchev–Trinajstić information content (AvgIpc) is 2.47. The number of carbonyl (C=O) groups is 2. The minimum Gasteiger partial charge on any atom is -0.372 e. The molecule has 0 heterocycles. The molecule has 1 unspecified atom stereocenters. The number of hydrogen-bond donors (Lipinski definition) is 1. The predicted molar refractivity (Wildman–Crippen MR) is 85.0 cm³/mol. The average molecular weight is 321 g/mol. The Morgan fingerprint density at radius 3 is 2.57 bits per heavy atom. The molecule has 0 bridgehead atoms. The van der Waals surface area contributed by atoms with Crippen molar-refractivity contribution in [2.24, 2.45) is 5.41 Å². The molecule has 1 aliphatic rings. The van der Waals surface area contributed by atoms with Crippen LogP contribution in [0, 0.1) is 5.41 Å². The van der Waals surface area contributed by atoms with Gasteiger partial charge in [-0.3, -0.25) is 19.9 Å². The Bertz CT molecular complexity index is 582. The molecule has 23 heavy (non-hydrogen) atoms. The molecule has 0 aliphatic heterocycles. The first kappa shape index (κ1) is 19.0. The lowest BCUT2D eigenvalue weighted by molar-refractivity contribution is -0.136. The van der Waals surface area contributed by atoms with E-state index in [4.69, 9.17) is 9.57 Å². The van der Waals surface area contributed by atoms with Crippen LogP contribution in [0.2, 0.25) is 0 Å². The summed E-state index contributed by atoms with van der Waals surface area (Å²) in [6, 6.07) is 0. The minimum absolute atomic E-state index is 0.0968. The Labute approximate surface area is 136 Å². The number of hydrogen-bond acceptors (Lipinski definition) is 6. The summed E-state index contributed by atoms with van der Waals surface area (Å²) in [5.74, 6) is 0.607. The summed E-state index contributed by atoms with van der Waals surface area (Å²) in [6.45, 7) is 8.88. The standard InChI is InChI=1S/C17H23NO5/c1-6-8-12(18-23-9-7-2)13-14(20)11(10-19)17(3,4)16(22-5)15(13)21/h7,16,18H,2,6,8-9H2,1,3-5H3. The molecule has 1 N–H and O–H groups in total. The third-order valence-corrected chi connectivity index (χ3v) is 3.77. The number of allylic oxidation sites excluding steroid dienone is 1. The van der Waals surface area contributed by atoms with Gasteiger partial charge in [-0.15, -0.1) is 6.58 Å². The summed E-state index contributed by atoms with van der Waals surface area (Å²) in [7, 11) is 1.38. The molecule has 1 saturated carbocycles. The van der Waals surface area contributed by atoms with Crippen LogP contribution in [0.1, 0.15) is 33.6 Å². The van der Waals surface area contributed by atoms with E-state index in [1.807, 2.05) is 6.92 Å². The number of methoxy groups -OCH3 is 1. The highest BCUT2D eigenvalue weighted by atomic mass is 16.6. The SMILES string of the molecule is C=CCONC(CCC)=C1C(=O)C(=C=O)C(C)(C)C(OC)C1=O. The van der Waals surface area contributed by atoms with Gasteiger partial charge in [-0.05, 0) is 6.42 Å². The van der Waals surface area contributed by atoms with Gasteiger partial charge in [-0.25, -0.2) is 4.79 Å². The molecule has 6 heteroatoms. The number of carbonyl (C=O) groups excluding carboxylic acids is 3. The van der Waals surface area contributed by atoms with Gasteiger partial charge in [-0.2, -0.15) is 0 Å². The van der Waals surface area contributed by atoms with Gasteiger partial charge in [0.1, 0.15) is 12.0 Å². The van der Waals surface area contributed by atoms with Crippen LogP contribution in [-0.4, -0.2) is 37.3 Å². The Hall–Kier alpha value is -2.01. The summed E-state index contributed by atoms with van der Waals surface area (Å²) in [4.78, 5) is 41.8. The fourth-order valence-electron chi connectivity index (χ4n) is 2.65. The molecule has 0 aromatic heterocycles. The lowest BCUT2D eigenvalue weighted by Crippen LogP contribution is -2.49. The lowest BCUT2D eigenvalue weighted by Gasteiger charge is -2.37. The number of ether oxygens (including phenoxy) is 1. The molecule has 126 valence electrons. The number of Topliss-reactive ketones (excluding diaryl/α,β-unsaturated/α-hetero) is 2. The molecule has 1 atom stereocenters. The second-order valence-electron chi connectivity index (χ2n) is 5.81. The Morgan fingerprint density at radius 2 is 2.09 bits per heavy atom. The van der Waals surface area contributed by atoms with E-state index in [0.29, 0.717) is 18.5 Å². The van der Waals surface area contributed by atoms with Crippen molar-refractivity contribution in [2.75, 3.05) is 13.7 Å². The number of hydroxylamine groups is 1. The summed E-state index contributed by atoms with van der Waals surface area (Å²) in [5.41, 5.74) is 1.75. The Morgan fingerprint density at radius 1 is 1.43 bits per heavy atom. The van der Waals surface area contributed by atoms with Crippen molar-refractivity contribution in [2.45, 2.75) is 39.7 Å². The van der Waals surface area contributed by atoms with Crippen molar-refractivity contribution in [3.63, 3.8) is 0 Å². The third-order valence-electron chi connectivity index (χ3n) is 3.77. The fourth-order valence-corrected chi connectivity index (χ4v) is 2.65. The van der Waals surface area contributed by atoms with Gasteiger partial charge in [0.15, 0.2) is 5.78 Å². The zero-order chi connectivity index (χ0) is 17.6. The molecular formula is C17H23NO5. The van der Waals surface area contributed by atoms with E-state index in [1.54, 1.807) is 19.8 Å². The largest absolute Gasteiger partial charge is 0.372 e. The van der Waals surface area contributed by atoms with E-state index in [2.05, 4.69) is 12.1 Å². The van der Waals surface area contributed by atoms with E-state index in [0.717, 1.165) is 0 Å². The van der Waals surface area contributed by atoms with E-state index in [9.17, 15) is 14.4 Å². The maximum atomic E-state index is 12.7. The van der Waals surface area contributed by atoms with Crippen LogP contribution >= 0.6 is 0 Å². The number of nitrogens with one attached hydrogen (secondary N) is 1. The first-order chi connectivity index (χ1) is 10.9. The van der Waals surface area contributed by atoms with Crippen molar-refractivity contribution < 1.29 is 24.0 Å². The maximum absolute atomic E-state index is 12.7. The first-order valence-electron chi connectivity index (χ1n) is 7.45. The van der Waals surface area contributed by atoms with E-state index in [1.165, 1.54) is 13.2 Å². The molecule has 0 amide bonds. The second kappa shape index (κ2) is 8.02. The highest BCUT2D eigenvalue weighted by Crippen LogP contribution is 2.40. The summed E-state index contributed by atoms with van der Waals surface area (Å²) in [5, 5.41) is 0. The Balaban J connectivity index is 3.42. The van der Waals surface area contributed by atoms with Crippen molar-refractivity contribution >= 4 is 17.5 Å². The lowest BCUT2D eigenvalue weighted by atomic mass is 9.68. The van der Waals surface area contributed by atoms with Crippen molar-refractivity contribution in [1.82, 2.24) is 5.48 Å². The monoisotopic (exact) mass is 321 g/mol. The van der Waals surface area contributed by atoms with Crippen molar-refractivity contribution in [3.8, 4) is 0 Å². The smallest absolute Gasteiger partial charge is 0.206 e. The molecule has 0 spiro atoms. The summed E-state index contributed by atoms with van der Waals surface area (Å²) >= 11 is 0. The molecule has 0 aromatic carbocycles. The molecule has 1 fully saturated rings. The number of rotatable bonds is 7. The molecule has 0 radical (unpaired) electrons. The van der Waals surface area contributed by atoms with Crippen LogP contribution < -0.4 is 5.48 Å². The molecule has 1 aliphatic carbocycles. The summed E-state index contributed by atoms with van der Waals surface area (Å²) < 4.78 is 5.26. The molecule has 0 saturated heterocycles. The van der Waals surface area contributed by atoms with Crippen molar-refractivity contribution in [1.29, 1.82) is 0 Å². The quantitative estimate of drug-likeness (QED) is 0.192. The van der Waals surface area contributed by atoms with Gasteiger partial charge in [0.25, 0.3) is 0 Å². The van der Waals surface area contributed by atoms with Crippen LogP contribution in [0.3, 0.4) is 0 Å². The van der Waals surface area contributed by atoms with Gasteiger partial charge in [0, 0.05) is 12.5 Å². The number of ketones is 2. The summed E-state index contributed by atoms with van der Waals surface area (Å²) in [6.07, 6.45) is 1.71. The van der Waals surface area contributed by atoms with Crippen LogP contribution in [0.5, 0.6) is 0 Å². The van der Waals surface area contributed by atoms with Crippen LogP contribution in [0.15, 0.2) is 29.5 Å². The first-order valence-corrected chi connectivity index (χ1v) is 7.45. The van der Waals surface area contributed by atoms with Crippen LogP contribution in [0.4, 0.5) is 0 Å². The van der Waals surface area contributed by atoms with Crippen molar-refractivity contribution in [3.05, 3.63) is 29.5 Å². The molecule has 6 nitrogen and oxygen atoms in total. The molecule has 0 aromatic rings. The molecular weight excluding hydrogens is 298 g/mol. The van der Waals surface area contributed by atoms with Gasteiger partial charge >= 0.3 is 0 Å². The highest BCUT2D eigenvalue weighted by molar-refractivity contribution is 6.32. The maximum Gasteiger partial charge on any atom is 0.206 e. The van der Waals surface area contributed by atoms with Gasteiger partial charge < -0.3 is 4.74 Å². The third kappa shape index (κ3) is 3.67. The Kier molecular flexibility index (Phi) is 6.63. The zero-order valence-electron chi connectivity index (χ0n) is 14.0. The second-order valence-corrected chi connectivity index (χ2v) is 5.81. The zero-order valence-corrected chi connectivity index (χ0v) is 14.0. The fraction of sp³-hybridized carbons (Fsp3) is 0.529. The minimum atomic E-state index is -1.03.